The zero-order valence-corrected chi connectivity index (χ0v) is 10.7. The molecule has 0 atom stereocenters. The summed E-state index contributed by atoms with van der Waals surface area (Å²) in [4.78, 5) is 12.2. The van der Waals surface area contributed by atoms with Gasteiger partial charge in [0.15, 0.2) is 5.82 Å². The van der Waals surface area contributed by atoms with Crippen LogP contribution < -0.4 is 5.73 Å². The predicted octanol–water partition coefficient (Wildman–Crippen LogP) is 2.51. The first-order chi connectivity index (χ1) is 7.75. The highest BCUT2D eigenvalue weighted by Crippen LogP contribution is 2.24. The van der Waals surface area contributed by atoms with Gasteiger partial charge in [0.25, 0.3) is 0 Å². The molecule has 0 aliphatic heterocycles. The van der Waals surface area contributed by atoms with Crippen LogP contribution in [0.4, 0.5) is 5.82 Å². The lowest BCUT2D eigenvalue weighted by Crippen LogP contribution is -1.95. The Bertz CT molecular complexity index is 492. The molecule has 2 aromatic heterocycles. The monoisotopic (exact) mass is 296 g/mol. The minimum absolute atomic E-state index is 0.468. The van der Waals surface area contributed by atoms with Crippen LogP contribution in [-0.4, -0.2) is 15.0 Å². The summed E-state index contributed by atoms with van der Waals surface area (Å²) in [5.41, 5.74) is 6.81. The number of nitrogens with zero attached hydrogens (tertiary/aromatic N) is 3. The maximum Gasteiger partial charge on any atom is 0.156 e. The van der Waals surface area contributed by atoms with E-state index in [-0.39, 0.29) is 0 Å². The molecular formula is C10H9BrN4S. The van der Waals surface area contributed by atoms with Crippen LogP contribution in [-0.2, 0) is 5.75 Å². The Kier molecular flexibility index (Phi) is 3.74. The molecule has 0 radical (unpaired) electrons. The van der Waals surface area contributed by atoms with Crippen molar-refractivity contribution in [3.05, 3.63) is 40.9 Å². The number of aromatic nitrogens is 3. The number of nitrogens with two attached hydrogens (primary N) is 1. The lowest BCUT2D eigenvalue weighted by Gasteiger charge is -2.03. The number of thioether (sulfide) groups is 1. The van der Waals surface area contributed by atoms with Crippen LogP contribution in [0.25, 0.3) is 0 Å². The first-order valence-corrected chi connectivity index (χ1v) is 6.32. The van der Waals surface area contributed by atoms with Gasteiger partial charge in [0.1, 0.15) is 5.03 Å². The fraction of sp³-hybridized carbons (Fsp3) is 0.100. The molecule has 82 valence electrons. The second-order valence-corrected chi connectivity index (χ2v) is 4.93. The number of hydrogen-bond acceptors (Lipinski definition) is 5. The lowest BCUT2D eigenvalue weighted by atomic mass is 10.3. The van der Waals surface area contributed by atoms with E-state index < -0.39 is 0 Å². The van der Waals surface area contributed by atoms with Crippen molar-refractivity contribution in [2.24, 2.45) is 0 Å². The Labute approximate surface area is 106 Å². The molecule has 2 rings (SSSR count). The second kappa shape index (κ2) is 5.27. The number of nitrogen functional groups attached to an aromatic ring is 1. The molecule has 0 unspecified atom stereocenters. The number of anilines is 1. The van der Waals surface area contributed by atoms with Crippen molar-refractivity contribution in [2.75, 3.05) is 5.73 Å². The largest absolute Gasteiger partial charge is 0.381 e. The molecule has 0 aliphatic rings. The number of halogens is 1. The van der Waals surface area contributed by atoms with Crippen LogP contribution in [0.1, 0.15) is 5.56 Å². The van der Waals surface area contributed by atoms with E-state index in [0.29, 0.717) is 5.82 Å². The van der Waals surface area contributed by atoms with Gasteiger partial charge >= 0.3 is 0 Å². The van der Waals surface area contributed by atoms with Crippen LogP contribution in [0, 0.1) is 0 Å². The van der Waals surface area contributed by atoms with E-state index in [2.05, 4.69) is 30.9 Å². The summed E-state index contributed by atoms with van der Waals surface area (Å²) in [6.07, 6.45) is 6.80. The summed E-state index contributed by atoms with van der Waals surface area (Å²) in [6, 6.07) is 2.02. The molecule has 0 fully saturated rings. The van der Waals surface area contributed by atoms with Crippen LogP contribution in [0.5, 0.6) is 0 Å². The molecule has 0 aliphatic carbocycles. The summed E-state index contributed by atoms with van der Waals surface area (Å²) >= 11 is 4.93. The molecule has 2 N–H and O–H groups in total. The van der Waals surface area contributed by atoms with Crippen LogP contribution in [0.3, 0.4) is 0 Å². The van der Waals surface area contributed by atoms with Crippen LogP contribution in [0.15, 0.2) is 40.4 Å². The summed E-state index contributed by atoms with van der Waals surface area (Å²) in [7, 11) is 0. The van der Waals surface area contributed by atoms with E-state index in [1.54, 1.807) is 30.4 Å². The van der Waals surface area contributed by atoms with Gasteiger partial charge in [0.05, 0.1) is 0 Å². The predicted molar refractivity (Wildman–Crippen MR) is 67.9 cm³/mol. The Balaban J connectivity index is 2.05. The molecule has 0 saturated carbocycles. The van der Waals surface area contributed by atoms with Crippen molar-refractivity contribution in [2.45, 2.75) is 10.8 Å². The third kappa shape index (κ3) is 2.93. The highest BCUT2D eigenvalue weighted by atomic mass is 79.9. The molecule has 4 nitrogen and oxygen atoms in total. The fourth-order valence-corrected chi connectivity index (χ4v) is 2.34. The molecule has 16 heavy (non-hydrogen) atoms. The molecule has 0 bridgehead atoms. The summed E-state index contributed by atoms with van der Waals surface area (Å²) in [6.45, 7) is 0. The molecule has 0 aromatic carbocycles. The topological polar surface area (TPSA) is 64.7 Å². The standard InChI is InChI=1S/C10H9BrN4S/c11-8-3-7(4-13-5-8)6-16-10-9(12)14-1-2-15-10/h1-5H,6H2,(H2,12,14). The number of hydrogen-bond donors (Lipinski definition) is 1. The molecule has 2 heterocycles. The van der Waals surface area contributed by atoms with Gasteiger partial charge in [-0.25, -0.2) is 9.97 Å². The van der Waals surface area contributed by atoms with Gasteiger partial charge in [-0.05, 0) is 27.6 Å². The molecule has 0 saturated heterocycles. The normalized spacial score (nSPS) is 10.3. The smallest absolute Gasteiger partial charge is 0.156 e. The maximum absolute atomic E-state index is 5.70. The lowest BCUT2D eigenvalue weighted by molar-refractivity contribution is 1.07. The minimum Gasteiger partial charge on any atom is -0.381 e. The second-order valence-electron chi connectivity index (χ2n) is 3.05. The highest BCUT2D eigenvalue weighted by Gasteiger charge is 2.02. The first-order valence-electron chi connectivity index (χ1n) is 4.54. The van der Waals surface area contributed by atoms with Crippen molar-refractivity contribution in [3.63, 3.8) is 0 Å². The average molecular weight is 297 g/mol. The van der Waals surface area contributed by atoms with Gasteiger partial charge in [0, 0.05) is 35.0 Å². The van der Waals surface area contributed by atoms with E-state index in [4.69, 9.17) is 5.73 Å². The van der Waals surface area contributed by atoms with Gasteiger partial charge < -0.3 is 5.73 Å². The van der Waals surface area contributed by atoms with Gasteiger partial charge in [-0.3, -0.25) is 4.98 Å². The van der Waals surface area contributed by atoms with Crippen LogP contribution >= 0.6 is 27.7 Å². The third-order valence-electron chi connectivity index (χ3n) is 1.83. The van der Waals surface area contributed by atoms with Crippen molar-refractivity contribution in [1.29, 1.82) is 0 Å². The SMILES string of the molecule is Nc1nccnc1SCc1cncc(Br)c1. The average Bonchev–Trinajstić information content (AvgIpc) is 2.28. The van der Waals surface area contributed by atoms with Gasteiger partial charge in [-0.15, -0.1) is 0 Å². The Morgan fingerprint density at radius 3 is 2.81 bits per heavy atom. The maximum atomic E-state index is 5.70. The summed E-state index contributed by atoms with van der Waals surface area (Å²) in [5.74, 6) is 1.24. The van der Waals surface area contributed by atoms with Gasteiger partial charge in [0.2, 0.25) is 0 Å². The van der Waals surface area contributed by atoms with Crippen LogP contribution in [0.2, 0.25) is 0 Å². The summed E-state index contributed by atoms with van der Waals surface area (Å²) < 4.78 is 0.970. The molecule has 6 heteroatoms. The number of rotatable bonds is 3. The first kappa shape index (κ1) is 11.3. The van der Waals surface area contributed by atoms with Gasteiger partial charge in [-0.2, -0.15) is 0 Å². The highest BCUT2D eigenvalue weighted by molar-refractivity contribution is 9.10. The number of pyridine rings is 1. The van der Waals surface area contributed by atoms with E-state index in [1.807, 2.05) is 12.3 Å². The fourth-order valence-electron chi connectivity index (χ4n) is 1.13. The zero-order chi connectivity index (χ0) is 11.4. The Morgan fingerprint density at radius 2 is 2.06 bits per heavy atom. The summed E-state index contributed by atoms with van der Waals surface area (Å²) in [5, 5.41) is 0.752. The van der Waals surface area contributed by atoms with Crippen molar-refractivity contribution >= 4 is 33.5 Å². The van der Waals surface area contributed by atoms with E-state index in [9.17, 15) is 0 Å². The Hall–Kier alpha value is -1.14. The van der Waals surface area contributed by atoms with Crippen molar-refractivity contribution < 1.29 is 0 Å². The molecular weight excluding hydrogens is 288 g/mol. The zero-order valence-electron chi connectivity index (χ0n) is 8.30. The molecule has 0 spiro atoms. The van der Waals surface area contributed by atoms with Gasteiger partial charge in [-0.1, -0.05) is 11.8 Å². The Morgan fingerprint density at radius 1 is 1.25 bits per heavy atom. The quantitative estimate of drug-likeness (QED) is 0.882. The third-order valence-corrected chi connectivity index (χ3v) is 3.33. The van der Waals surface area contributed by atoms with E-state index in [0.717, 1.165) is 20.8 Å². The van der Waals surface area contributed by atoms with E-state index >= 15 is 0 Å². The van der Waals surface area contributed by atoms with E-state index in [1.165, 1.54) is 0 Å². The molecule has 2 aromatic rings. The minimum atomic E-state index is 0.468. The van der Waals surface area contributed by atoms with Crippen molar-refractivity contribution in [1.82, 2.24) is 15.0 Å². The molecule has 0 amide bonds. The van der Waals surface area contributed by atoms with Crippen molar-refractivity contribution in [3.8, 4) is 0 Å².